The number of anilines is 2. The van der Waals surface area contributed by atoms with Crippen LogP contribution in [0.1, 0.15) is 24.5 Å². The van der Waals surface area contributed by atoms with Gasteiger partial charge in [0.15, 0.2) is 9.84 Å². The summed E-state index contributed by atoms with van der Waals surface area (Å²) < 4.78 is 25.4. The summed E-state index contributed by atoms with van der Waals surface area (Å²) in [6, 6.07) is 10.4. The number of fused-ring (bicyclic) bond motifs is 1. The largest absolute Gasteiger partial charge is 0.326 e. The highest BCUT2D eigenvalue weighted by molar-refractivity contribution is 7.99. The highest BCUT2D eigenvalue weighted by Gasteiger charge is 2.23. The number of hydrogen-bond acceptors (Lipinski definition) is 5. The van der Waals surface area contributed by atoms with Gasteiger partial charge in [-0.1, -0.05) is 24.6 Å². The van der Waals surface area contributed by atoms with Gasteiger partial charge >= 0.3 is 0 Å². The van der Waals surface area contributed by atoms with Gasteiger partial charge in [0.25, 0.3) is 0 Å². The molecule has 8 heteroatoms. The van der Waals surface area contributed by atoms with Crippen molar-refractivity contribution in [2.75, 3.05) is 22.1 Å². The van der Waals surface area contributed by atoms with Crippen LogP contribution < -0.4 is 10.6 Å². The Kier molecular flexibility index (Phi) is 6.33. The number of amides is 2. The topological polar surface area (TPSA) is 92.3 Å². The number of thioether (sulfide) groups is 1. The first kappa shape index (κ1) is 21.4. The minimum atomic E-state index is -3.66. The van der Waals surface area contributed by atoms with Crippen molar-refractivity contribution < 1.29 is 18.0 Å². The molecule has 154 valence electrons. The molecule has 1 unspecified atom stereocenters. The molecule has 3 rings (SSSR count). The summed E-state index contributed by atoms with van der Waals surface area (Å²) in [5.74, 6) is -0.295. The average molecular weight is 433 g/mol. The Morgan fingerprint density at radius 3 is 2.69 bits per heavy atom. The molecular formula is C21H24N2O4S2. The minimum absolute atomic E-state index is 0.103. The minimum Gasteiger partial charge on any atom is -0.326 e. The highest BCUT2D eigenvalue weighted by Crippen LogP contribution is 2.34. The van der Waals surface area contributed by atoms with Gasteiger partial charge in [0.05, 0.1) is 16.3 Å². The monoisotopic (exact) mass is 432 g/mol. The Bertz CT molecular complexity index is 1060. The number of carbonyl (C=O) groups excluding carboxylic acids is 2. The zero-order valence-electron chi connectivity index (χ0n) is 16.6. The van der Waals surface area contributed by atoms with E-state index in [1.807, 2.05) is 39.0 Å². The number of carbonyl (C=O) groups is 2. The molecule has 29 heavy (non-hydrogen) atoms. The molecule has 0 spiro atoms. The molecule has 6 nitrogen and oxygen atoms in total. The van der Waals surface area contributed by atoms with Gasteiger partial charge in [-0.2, -0.15) is 0 Å². The van der Waals surface area contributed by atoms with Crippen molar-refractivity contribution in [2.45, 2.75) is 37.0 Å². The van der Waals surface area contributed by atoms with Crippen molar-refractivity contribution in [1.82, 2.24) is 0 Å². The molecule has 1 aliphatic rings. The molecule has 2 aromatic carbocycles. The van der Waals surface area contributed by atoms with E-state index in [-0.39, 0.29) is 34.8 Å². The molecule has 1 aliphatic heterocycles. The molecule has 0 saturated heterocycles. The lowest BCUT2D eigenvalue weighted by atomic mass is 10.1. The van der Waals surface area contributed by atoms with Crippen LogP contribution in [0.3, 0.4) is 0 Å². The van der Waals surface area contributed by atoms with Crippen LogP contribution >= 0.6 is 11.8 Å². The Balaban J connectivity index is 1.69. The second kappa shape index (κ2) is 8.59. The van der Waals surface area contributed by atoms with Gasteiger partial charge in [-0.15, -0.1) is 11.8 Å². The average Bonchev–Trinajstić information content (AvgIpc) is 2.80. The maximum Gasteiger partial charge on any atom is 0.228 e. The van der Waals surface area contributed by atoms with E-state index >= 15 is 0 Å². The van der Waals surface area contributed by atoms with Crippen LogP contribution in [0.25, 0.3) is 0 Å². The van der Waals surface area contributed by atoms with E-state index < -0.39 is 9.84 Å². The van der Waals surface area contributed by atoms with Crippen molar-refractivity contribution in [3.05, 3.63) is 47.5 Å². The second-order valence-electron chi connectivity index (χ2n) is 7.29. The van der Waals surface area contributed by atoms with Crippen LogP contribution in [0.5, 0.6) is 0 Å². The smallest absolute Gasteiger partial charge is 0.228 e. The predicted molar refractivity (Wildman–Crippen MR) is 116 cm³/mol. The standard InChI is InChI=1S/C21H24N2O4S2/c1-13-4-6-17(14(2)10-13)22-20(24)8-9-29(26,27)16-5-7-19-18(11-16)23-21(25)15(3)12-28-19/h4-7,10-11,15H,8-9,12H2,1-3H3,(H,22,24)(H,23,25). The van der Waals surface area contributed by atoms with Gasteiger partial charge in [-0.05, 0) is 43.7 Å². The van der Waals surface area contributed by atoms with Crippen LogP contribution in [0.4, 0.5) is 11.4 Å². The van der Waals surface area contributed by atoms with Crippen molar-refractivity contribution in [2.24, 2.45) is 5.92 Å². The Morgan fingerprint density at radius 1 is 1.21 bits per heavy atom. The van der Waals surface area contributed by atoms with Crippen molar-refractivity contribution >= 4 is 44.8 Å². The van der Waals surface area contributed by atoms with Crippen molar-refractivity contribution in [3.63, 3.8) is 0 Å². The van der Waals surface area contributed by atoms with Crippen molar-refractivity contribution in [1.29, 1.82) is 0 Å². The summed E-state index contributed by atoms with van der Waals surface area (Å²) in [5.41, 5.74) is 3.20. The highest BCUT2D eigenvalue weighted by atomic mass is 32.2. The number of hydrogen-bond donors (Lipinski definition) is 2. The zero-order valence-corrected chi connectivity index (χ0v) is 18.2. The van der Waals surface area contributed by atoms with Gasteiger partial charge in [0.2, 0.25) is 11.8 Å². The third-order valence-corrected chi connectivity index (χ3v) is 7.81. The summed E-state index contributed by atoms with van der Waals surface area (Å²) in [4.78, 5) is 25.2. The molecule has 2 amide bonds. The quantitative estimate of drug-likeness (QED) is 0.750. The fourth-order valence-electron chi connectivity index (χ4n) is 2.98. The van der Waals surface area contributed by atoms with Crippen LogP contribution in [0, 0.1) is 19.8 Å². The summed E-state index contributed by atoms with van der Waals surface area (Å²) in [6.45, 7) is 5.69. The molecular weight excluding hydrogens is 408 g/mol. The zero-order chi connectivity index (χ0) is 21.2. The van der Waals surface area contributed by atoms with Gasteiger partial charge < -0.3 is 10.6 Å². The first-order valence-corrected chi connectivity index (χ1v) is 12.0. The van der Waals surface area contributed by atoms with E-state index in [0.717, 1.165) is 16.0 Å². The van der Waals surface area contributed by atoms with E-state index in [2.05, 4.69) is 10.6 Å². The third kappa shape index (κ3) is 5.19. The fraction of sp³-hybridized carbons (Fsp3) is 0.333. The SMILES string of the molecule is Cc1ccc(NC(=O)CCS(=O)(=O)c2ccc3c(c2)NC(=O)C(C)CS3)c(C)c1. The fourth-order valence-corrected chi connectivity index (χ4v) is 5.26. The third-order valence-electron chi connectivity index (χ3n) is 4.76. The van der Waals surface area contributed by atoms with Crippen molar-refractivity contribution in [3.8, 4) is 0 Å². The van der Waals surface area contributed by atoms with Gasteiger partial charge in [0, 0.05) is 28.7 Å². The normalized spacial score (nSPS) is 16.5. The molecule has 0 aromatic heterocycles. The maximum atomic E-state index is 12.7. The number of aryl methyl sites for hydroxylation is 2. The maximum absolute atomic E-state index is 12.7. The summed E-state index contributed by atoms with van der Waals surface area (Å²) in [7, 11) is -3.66. The lowest BCUT2D eigenvalue weighted by Crippen LogP contribution is -2.20. The van der Waals surface area contributed by atoms with E-state index in [1.165, 1.54) is 23.9 Å². The summed E-state index contributed by atoms with van der Waals surface area (Å²) in [6.07, 6.45) is -0.148. The molecule has 0 fully saturated rings. The molecule has 2 N–H and O–H groups in total. The van der Waals surface area contributed by atoms with E-state index in [9.17, 15) is 18.0 Å². The first-order valence-electron chi connectivity index (χ1n) is 9.33. The number of benzene rings is 2. The summed E-state index contributed by atoms with van der Waals surface area (Å²) in [5, 5.41) is 5.56. The number of nitrogens with one attached hydrogen (secondary N) is 2. The Morgan fingerprint density at radius 2 is 1.97 bits per heavy atom. The molecule has 1 heterocycles. The Labute approximate surface area is 175 Å². The van der Waals surface area contributed by atoms with E-state index in [0.29, 0.717) is 17.1 Å². The van der Waals surface area contributed by atoms with Gasteiger partial charge in [-0.25, -0.2) is 8.42 Å². The molecule has 0 bridgehead atoms. The molecule has 0 saturated carbocycles. The molecule has 0 radical (unpaired) electrons. The number of rotatable bonds is 5. The van der Waals surface area contributed by atoms with Gasteiger partial charge in [-0.3, -0.25) is 9.59 Å². The summed E-state index contributed by atoms with van der Waals surface area (Å²) >= 11 is 1.52. The van der Waals surface area contributed by atoms with Crippen LogP contribution in [0.2, 0.25) is 0 Å². The lowest BCUT2D eigenvalue weighted by molar-refractivity contribution is -0.118. The molecule has 2 aromatic rings. The first-order chi connectivity index (χ1) is 13.7. The van der Waals surface area contributed by atoms with Crippen LogP contribution in [-0.4, -0.2) is 31.7 Å². The molecule has 1 atom stereocenters. The molecule has 0 aliphatic carbocycles. The van der Waals surface area contributed by atoms with E-state index in [1.54, 1.807) is 6.07 Å². The number of sulfone groups is 1. The van der Waals surface area contributed by atoms with Crippen LogP contribution in [-0.2, 0) is 19.4 Å². The lowest BCUT2D eigenvalue weighted by Gasteiger charge is -2.11. The Hall–Kier alpha value is -2.32. The second-order valence-corrected chi connectivity index (χ2v) is 10.5. The predicted octanol–water partition coefficient (Wildman–Crippen LogP) is 3.79. The van der Waals surface area contributed by atoms with Crippen LogP contribution in [0.15, 0.2) is 46.2 Å². The van der Waals surface area contributed by atoms with Gasteiger partial charge in [0.1, 0.15) is 0 Å². The van der Waals surface area contributed by atoms with E-state index in [4.69, 9.17) is 0 Å².